The van der Waals surface area contributed by atoms with E-state index in [1.165, 1.54) is 11.8 Å². The molecule has 0 radical (unpaired) electrons. The van der Waals surface area contributed by atoms with Crippen molar-refractivity contribution in [1.29, 1.82) is 0 Å². The molecule has 0 unspecified atom stereocenters. The zero-order valence-electron chi connectivity index (χ0n) is 15.5. The minimum Gasteiger partial charge on any atom is -0.450 e. The maximum Gasteiger partial charge on any atom is 0.367 e. The van der Waals surface area contributed by atoms with Gasteiger partial charge in [-0.05, 0) is 43.7 Å². The largest absolute Gasteiger partial charge is 0.450 e. The molecule has 138 valence electrons. The second-order valence-corrected chi connectivity index (χ2v) is 14.3. The minimum absolute atomic E-state index is 0.0612. The van der Waals surface area contributed by atoms with E-state index in [0.717, 1.165) is 0 Å². The molecular weight excluding hydrogens is 348 g/mol. The van der Waals surface area contributed by atoms with E-state index in [1.807, 2.05) is 13.8 Å². The van der Waals surface area contributed by atoms with Crippen molar-refractivity contribution >= 4 is 25.4 Å². The molecule has 3 aliphatic heterocycles. The topological polar surface area (TPSA) is 63.2 Å². The van der Waals surface area contributed by atoms with Crippen molar-refractivity contribution < 1.29 is 28.2 Å². The highest BCUT2D eigenvalue weighted by Crippen LogP contribution is 2.45. The number of fused-ring (bicyclic) bond motifs is 1. The van der Waals surface area contributed by atoms with Gasteiger partial charge in [-0.25, -0.2) is 4.79 Å². The number of rotatable bonds is 3. The fraction of sp³-hybridized carbons (Fsp3) is 0.938. The van der Waals surface area contributed by atoms with Crippen LogP contribution in [0, 0.1) is 0 Å². The summed E-state index contributed by atoms with van der Waals surface area (Å²) in [5.74, 6) is -0.125. The lowest BCUT2D eigenvalue weighted by Crippen LogP contribution is -2.52. The third-order valence-corrected chi connectivity index (χ3v) is 10.5. The van der Waals surface area contributed by atoms with Crippen molar-refractivity contribution in [1.82, 2.24) is 0 Å². The molecule has 0 aromatic heterocycles. The Balaban J connectivity index is 1.83. The molecule has 0 saturated carbocycles. The molecule has 0 N–H and O–H groups in total. The van der Waals surface area contributed by atoms with Gasteiger partial charge in [0, 0.05) is 5.75 Å². The summed E-state index contributed by atoms with van der Waals surface area (Å²) >= 11 is 1.18. The van der Waals surface area contributed by atoms with Gasteiger partial charge in [0.2, 0.25) is 0 Å². The molecule has 0 amide bonds. The fourth-order valence-electron chi connectivity index (χ4n) is 2.96. The average molecular weight is 377 g/mol. The van der Waals surface area contributed by atoms with Crippen LogP contribution in [-0.2, 0) is 23.4 Å². The van der Waals surface area contributed by atoms with E-state index < -0.39 is 20.4 Å². The zero-order chi connectivity index (χ0) is 17.9. The van der Waals surface area contributed by atoms with Crippen molar-refractivity contribution in [3.05, 3.63) is 0 Å². The second kappa shape index (κ2) is 5.96. The van der Waals surface area contributed by atoms with Crippen LogP contribution < -0.4 is 0 Å². The fourth-order valence-corrected chi connectivity index (χ4v) is 5.01. The first-order chi connectivity index (χ1) is 10.9. The number of hydrogen-bond acceptors (Lipinski definition) is 7. The standard InChI is InChI=1S/C16H28O6SSi/c1-15(2,3)24(6,7)22-11-10(9-8-23-14(17)18-9)19-13-12(11)20-16(4,5)21-13/h9-13H,8H2,1-7H3/t9-,10-,11+,12-,13-/m1/s1. The van der Waals surface area contributed by atoms with E-state index in [1.54, 1.807) is 0 Å². The normalized spacial score (nSPS) is 39.1. The van der Waals surface area contributed by atoms with E-state index in [2.05, 4.69) is 33.9 Å². The summed E-state index contributed by atoms with van der Waals surface area (Å²) in [5, 5.41) is -0.194. The number of ether oxygens (including phenoxy) is 4. The number of thioether (sulfide) groups is 1. The highest BCUT2D eigenvalue weighted by atomic mass is 32.2. The van der Waals surface area contributed by atoms with Crippen LogP contribution in [-0.4, -0.2) is 55.9 Å². The van der Waals surface area contributed by atoms with E-state index >= 15 is 0 Å². The number of carbonyl (C=O) groups excluding carboxylic acids is 1. The van der Waals surface area contributed by atoms with Crippen LogP contribution in [0.15, 0.2) is 0 Å². The monoisotopic (exact) mass is 376 g/mol. The van der Waals surface area contributed by atoms with Crippen LogP contribution in [0.5, 0.6) is 0 Å². The van der Waals surface area contributed by atoms with Crippen molar-refractivity contribution in [3.8, 4) is 0 Å². The molecule has 0 aliphatic carbocycles. The predicted molar refractivity (Wildman–Crippen MR) is 93.5 cm³/mol. The summed E-state index contributed by atoms with van der Waals surface area (Å²) < 4.78 is 30.1. The smallest absolute Gasteiger partial charge is 0.367 e. The van der Waals surface area contributed by atoms with Crippen molar-refractivity contribution in [2.75, 3.05) is 5.75 Å². The third-order valence-electron chi connectivity index (χ3n) is 5.24. The number of carbonyl (C=O) groups is 1. The Hall–Kier alpha value is -0.123. The molecule has 3 saturated heterocycles. The molecule has 3 heterocycles. The van der Waals surface area contributed by atoms with Gasteiger partial charge in [0.25, 0.3) is 0 Å². The predicted octanol–water partition coefficient (Wildman–Crippen LogP) is 3.51. The Labute approximate surface area is 149 Å². The molecule has 3 fully saturated rings. The second-order valence-electron chi connectivity index (χ2n) is 8.63. The van der Waals surface area contributed by atoms with Gasteiger partial charge in [-0.2, -0.15) is 0 Å². The molecule has 3 aliphatic rings. The highest BCUT2D eigenvalue weighted by Gasteiger charge is 2.60. The molecule has 0 spiro atoms. The van der Waals surface area contributed by atoms with E-state index in [-0.39, 0.29) is 34.8 Å². The van der Waals surface area contributed by atoms with E-state index in [9.17, 15) is 4.79 Å². The Kier molecular flexibility index (Phi) is 4.63. The van der Waals surface area contributed by atoms with Crippen LogP contribution in [0.4, 0.5) is 4.79 Å². The summed E-state index contributed by atoms with van der Waals surface area (Å²) in [5.41, 5.74) is 0. The lowest BCUT2D eigenvalue weighted by Gasteiger charge is -2.41. The first-order valence-corrected chi connectivity index (χ1v) is 12.3. The summed E-state index contributed by atoms with van der Waals surface area (Å²) in [7, 11) is -2.05. The Morgan fingerprint density at radius 2 is 1.88 bits per heavy atom. The molecule has 0 bridgehead atoms. The highest BCUT2D eigenvalue weighted by molar-refractivity contribution is 8.13. The van der Waals surface area contributed by atoms with Gasteiger partial charge in [0.05, 0.1) is 0 Å². The summed E-state index contributed by atoms with van der Waals surface area (Å²) in [4.78, 5) is 11.5. The zero-order valence-corrected chi connectivity index (χ0v) is 17.3. The lowest BCUT2D eigenvalue weighted by atomic mass is 10.1. The Bertz CT molecular complexity index is 517. The molecule has 24 heavy (non-hydrogen) atoms. The number of hydrogen-bond donors (Lipinski definition) is 0. The Morgan fingerprint density at radius 3 is 2.42 bits per heavy atom. The maximum atomic E-state index is 11.5. The van der Waals surface area contributed by atoms with E-state index in [4.69, 9.17) is 23.4 Å². The van der Waals surface area contributed by atoms with E-state index in [0.29, 0.717) is 5.75 Å². The number of cyclic esters (lactones) is 1. The van der Waals surface area contributed by atoms with Gasteiger partial charge < -0.3 is 23.4 Å². The average Bonchev–Trinajstić information content (AvgIpc) is 3.02. The molecule has 0 aromatic carbocycles. The minimum atomic E-state index is -2.05. The van der Waals surface area contributed by atoms with Crippen LogP contribution in [0.2, 0.25) is 18.1 Å². The van der Waals surface area contributed by atoms with Gasteiger partial charge in [-0.3, -0.25) is 0 Å². The third kappa shape index (κ3) is 3.41. The van der Waals surface area contributed by atoms with Crippen molar-refractivity contribution in [2.24, 2.45) is 0 Å². The quantitative estimate of drug-likeness (QED) is 0.552. The summed E-state index contributed by atoms with van der Waals surface area (Å²) in [6.07, 6.45) is -1.76. The van der Waals surface area contributed by atoms with Crippen molar-refractivity contribution in [3.63, 3.8) is 0 Å². The van der Waals surface area contributed by atoms with Crippen LogP contribution in [0.25, 0.3) is 0 Å². The molecule has 5 atom stereocenters. The Morgan fingerprint density at radius 1 is 1.21 bits per heavy atom. The van der Waals surface area contributed by atoms with Crippen LogP contribution in [0.1, 0.15) is 34.6 Å². The van der Waals surface area contributed by atoms with Gasteiger partial charge in [0.1, 0.15) is 24.4 Å². The molecule has 0 aromatic rings. The molecule has 8 heteroatoms. The molecule has 3 rings (SSSR count). The molecular formula is C16H28O6SSi. The van der Waals surface area contributed by atoms with Crippen LogP contribution in [0.3, 0.4) is 0 Å². The molecule has 6 nitrogen and oxygen atoms in total. The van der Waals surface area contributed by atoms with Crippen molar-refractivity contribution in [2.45, 2.75) is 89.2 Å². The first-order valence-electron chi connectivity index (χ1n) is 8.42. The summed E-state index contributed by atoms with van der Waals surface area (Å²) in [6, 6.07) is 0. The van der Waals surface area contributed by atoms with Gasteiger partial charge >= 0.3 is 5.30 Å². The first kappa shape index (κ1) is 18.7. The lowest BCUT2D eigenvalue weighted by molar-refractivity contribution is -0.222. The SMILES string of the molecule is CC1(C)O[C@H]2O[C@H]([C@H]3CSC(=O)O3)[C@H](O[Si](C)(C)C(C)(C)C)[C@H]2O1. The van der Waals surface area contributed by atoms with Gasteiger partial charge in [-0.15, -0.1) is 0 Å². The van der Waals surface area contributed by atoms with Crippen LogP contribution >= 0.6 is 11.8 Å². The van der Waals surface area contributed by atoms with Gasteiger partial charge in [-0.1, -0.05) is 20.8 Å². The maximum absolute atomic E-state index is 11.5. The summed E-state index contributed by atoms with van der Waals surface area (Å²) in [6.45, 7) is 14.7. The van der Waals surface area contributed by atoms with Gasteiger partial charge in [0.15, 0.2) is 20.4 Å².